The van der Waals surface area contributed by atoms with Crippen LogP contribution in [0.3, 0.4) is 0 Å². The molecule has 0 fully saturated rings. The highest BCUT2D eigenvalue weighted by atomic mass is 32.2. The molecule has 132 valence electrons. The van der Waals surface area contributed by atoms with Crippen molar-refractivity contribution in [1.82, 2.24) is 10.3 Å². The predicted octanol–water partition coefficient (Wildman–Crippen LogP) is 1.91. The molecule has 2 aliphatic rings. The largest absolute Gasteiger partial charge is 0.306 e. The summed E-state index contributed by atoms with van der Waals surface area (Å²) < 4.78 is 0. The monoisotopic (exact) mass is 360 g/mol. The Kier molecular flexibility index (Phi) is 4.10. The summed E-state index contributed by atoms with van der Waals surface area (Å²) >= 11 is 1.10. The van der Waals surface area contributed by atoms with E-state index in [0.29, 0.717) is 0 Å². The molecular formula is C17H20N4O3S. The van der Waals surface area contributed by atoms with Crippen molar-refractivity contribution in [2.24, 2.45) is 5.10 Å². The first-order valence-corrected chi connectivity index (χ1v) is 8.81. The Labute approximate surface area is 150 Å². The molecule has 1 atom stereocenters. The van der Waals surface area contributed by atoms with E-state index in [1.165, 1.54) is 18.9 Å². The van der Waals surface area contributed by atoms with Crippen LogP contribution >= 0.6 is 11.8 Å². The highest BCUT2D eigenvalue weighted by molar-refractivity contribution is 8.15. The standard InChI is InChI=1S/C17H20N4O3S/c1-9(2)20-14-10(3)7-6-8-13(14)17(15(20)24)21(12(5)23)19-16(25-17)18-11(4)22/h6-9H,1-5H3,(H,18,19,22). The van der Waals surface area contributed by atoms with Crippen molar-refractivity contribution in [3.63, 3.8) is 0 Å². The summed E-state index contributed by atoms with van der Waals surface area (Å²) in [4.78, 5) is 37.6. The van der Waals surface area contributed by atoms with Crippen molar-refractivity contribution in [2.45, 2.75) is 45.5 Å². The van der Waals surface area contributed by atoms with Gasteiger partial charge in [0.15, 0.2) is 5.17 Å². The molecule has 2 aliphatic heterocycles. The van der Waals surface area contributed by atoms with E-state index in [1.807, 2.05) is 39.0 Å². The first-order chi connectivity index (χ1) is 11.7. The molecule has 3 amide bonds. The maximum atomic E-state index is 13.5. The van der Waals surface area contributed by atoms with E-state index in [0.717, 1.165) is 28.6 Å². The first-order valence-electron chi connectivity index (χ1n) is 8.00. The van der Waals surface area contributed by atoms with Gasteiger partial charge in [-0.05, 0) is 38.1 Å². The van der Waals surface area contributed by atoms with Gasteiger partial charge in [-0.1, -0.05) is 18.2 Å². The average molecular weight is 360 g/mol. The zero-order chi connectivity index (χ0) is 18.5. The van der Waals surface area contributed by atoms with Crippen LogP contribution in [0.4, 0.5) is 5.69 Å². The van der Waals surface area contributed by atoms with Gasteiger partial charge < -0.3 is 10.2 Å². The average Bonchev–Trinajstić information content (AvgIpc) is 2.99. The number of nitrogens with one attached hydrogen (secondary N) is 1. The van der Waals surface area contributed by atoms with Gasteiger partial charge >= 0.3 is 0 Å². The summed E-state index contributed by atoms with van der Waals surface area (Å²) in [5, 5.41) is 8.25. The number of amidine groups is 1. The Morgan fingerprint density at radius 1 is 1.28 bits per heavy atom. The van der Waals surface area contributed by atoms with Gasteiger partial charge in [0, 0.05) is 25.5 Å². The number of hydrogen-bond donors (Lipinski definition) is 1. The number of para-hydroxylation sites is 1. The van der Waals surface area contributed by atoms with Gasteiger partial charge in [-0.25, -0.2) is 0 Å². The minimum atomic E-state index is -1.31. The number of carbonyl (C=O) groups is 3. The molecular weight excluding hydrogens is 340 g/mol. The molecule has 0 bridgehead atoms. The molecule has 1 aromatic carbocycles. The fraction of sp³-hybridized carbons (Fsp3) is 0.412. The fourth-order valence-electron chi connectivity index (χ4n) is 3.29. The number of benzene rings is 1. The van der Waals surface area contributed by atoms with E-state index in [-0.39, 0.29) is 28.9 Å². The zero-order valence-electron chi connectivity index (χ0n) is 14.8. The zero-order valence-corrected chi connectivity index (χ0v) is 15.6. The number of anilines is 1. The summed E-state index contributed by atoms with van der Waals surface area (Å²) in [6, 6.07) is 5.57. The van der Waals surface area contributed by atoms with Crippen molar-refractivity contribution < 1.29 is 14.4 Å². The molecule has 0 aliphatic carbocycles. The van der Waals surface area contributed by atoms with Crippen molar-refractivity contribution in [3.05, 3.63) is 29.3 Å². The number of amides is 3. The second kappa shape index (κ2) is 5.87. The van der Waals surface area contributed by atoms with Gasteiger partial charge in [0.2, 0.25) is 16.7 Å². The third kappa shape index (κ3) is 2.43. The van der Waals surface area contributed by atoms with Crippen LogP contribution in [0.1, 0.15) is 38.8 Å². The van der Waals surface area contributed by atoms with Crippen LogP contribution in [0.5, 0.6) is 0 Å². The van der Waals surface area contributed by atoms with Crippen LogP contribution in [0.25, 0.3) is 0 Å². The van der Waals surface area contributed by atoms with E-state index in [2.05, 4.69) is 10.4 Å². The number of carbonyl (C=O) groups excluding carboxylic acids is 3. The summed E-state index contributed by atoms with van der Waals surface area (Å²) in [5.74, 6) is -0.891. The van der Waals surface area contributed by atoms with E-state index in [4.69, 9.17) is 0 Å². The molecule has 0 aromatic heterocycles. The molecule has 2 heterocycles. The van der Waals surface area contributed by atoms with Crippen molar-refractivity contribution in [2.75, 3.05) is 4.90 Å². The number of hydrazone groups is 1. The third-order valence-corrected chi connectivity index (χ3v) is 5.42. The lowest BCUT2D eigenvalue weighted by Crippen LogP contribution is -2.50. The second-order valence-electron chi connectivity index (χ2n) is 6.40. The Hall–Kier alpha value is -2.35. The van der Waals surface area contributed by atoms with Gasteiger partial charge in [0.05, 0.1) is 5.69 Å². The molecule has 25 heavy (non-hydrogen) atoms. The highest BCUT2D eigenvalue weighted by Gasteiger charge is 2.61. The van der Waals surface area contributed by atoms with Crippen LogP contribution in [0.2, 0.25) is 0 Å². The van der Waals surface area contributed by atoms with Gasteiger partial charge in [-0.2, -0.15) is 5.01 Å². The van der Waals surface area contributed by atoms with Crippen molar-refractivity contribution >= 4 is 40.3 Å². The molecule has 1 N–H and O–H groups in total. The number of nitrogens with zero attached hydrogens (tertiary/aromatic N) is 3. The minimum Gasteiger partial charge on any atom is -0.306 e. The molecule has 0 radical (unpaired) electrons. The molecule has 0 saturated carbocycles. The lowest BCUT2D eigenvalue weighted by Gasteiger charge is -2.30. The normalized spacial score (nSPS) is 21.8. The van der Waals surface area contributed by atoms with E-state index in [9.17, 15) is 14.4 Å². The Balaban J connectivity index is 2.22. The smallest absolute Gasteiger partial charge is 0.271 e. The van der Waals surface area contributed by atoms with E-state index < -0.39 is 4.87 Å². The maximum absolute atomic E-state index is 13.5. The number of thioether (sulfide) groups is 1. The van der Waals surface area contributed by atoms with Crippen molar-refractivity contribution in [1.29, 1.82) is 0 Å². The Bertz CT molecular complexity index is 820. The quantitative estimate of drug-likeness (QED) is 0.829. The van der Waals surface area contributed by atoms with E-state index in [1.54, 1.807) is 4.90 Å². The second-order valence-corrected chi connectivity index (χ2v) is 7.58. The predicted molar refractivity (Wildman–Crippen MR) is 96.8 cm³/mol. The van der Waals surface area contributed by atoms with Gasteiger partial charge in [0.1, 0.15) is 0 Å². The summed E-state index contributed by atoms with van der Waals surface area (Å²) in [6.45, 7) is 8.53. The number of fused-ring (bicyclic) bond motifs is 2. The number of aryl methyl sites for hydroxylation is 1. The van der Waals surface area contributed by atoms with E-state index >= 15 is 0 Å². The first kappa shape index (κ1) is 17.5. The van der Waals surface area contributed by atoms with Gasteiger partial charge in [-0.3, -0.25) is 14.4 Å². The van der Waals surface area contributed by atoms with Gasteiger partial charge in [0.25, 0.3) is 5.91 Å². The highest BCUT2D eigenvalue weighted by Crippen LogP contribution is 2.55. The molecule has 1 aromatic rings. The Morgan fingerprint density at radius 3 is 2.52 bits per heavy atom. The number of rotatable bonds is 1. The van der Waals surface area contributed by atoms with Crippen LogP contribution in [0, 0.1) is 6.92 Å². The lowest BCUT2D eigenvalue weighted by atomic mass is 10.0. The lowest BCUT2D eigenvalue weighted by molar-refractivity contribution is -0.139. The van der Waals surface area contributed by atoms with Crippen LogP contribution in [-0.2, 0) is 19.3 Å². The van der Waals surface area contributed by atoms with Crippen LogP contribution < -0.4 is 10.2 Å². The van der Waals surface area contributed by atoms with Crippen LogP contribution in [0.15, 0.2) is 23.3 Å². The summed E-state index contributed by atoms with van der Waals surface area (Å²) in [6.07, 6.45) is 0. The third-order valence-electron chi connectivity index (χ3n) is 4.18. The topological polar surface area (TPSA) is 82.1 Å². The van der Waals surface area contributed by atoms with Gasteiger partial charge in [-0.15, -0.1) is 5.10 Å². The molecule has 0 saturated heterocycles. The molecule has 8 heteroatoms. The Morgan fingerprint density at radius 2 is 1.96 bits per heavy atom. The minimum absolute atomic E-state index is 0.0778. The number of hydrogen-bond acceptors (Lipinski definition) is 5. The SMILES string of the molecule is CC(=O)NC1=NN(C(C)=O)C2(S1)C(=O)N(C(C)C)c1c(C)cccc12. The molecule has 1 spiro atoms. The molecule has 7 nitrogen and oxygen atoms in total. The summed E-state index contributed by atoms with van der Waals surface area (Å²) in [7, 11) is 0. The van der Waals surface area contributed by atoms with Crippen LogP contribution in [-0.4, -0.2) is 33.9 Å². The molecule has 3 rings (SSSR count). The van der Waals surface area contributed by atoms with Crippen molar-refractivity contribution in [3.8, 4) is 0 Å². The summed E-state index contributed by atoms with van der Waals surface area (Å²) in [5.41, 5.74) is 2.48. The maximum Gasteiger partial charge on any atom is 0.271 e. The molecule has 1 unspecified atom stereocenters. The fourth-order valence-corrected chi connectivity index (χ4v) is 4.60.